The fourth-order valence-electron chi connectivity index (χ4n) is 2.97. The summed E-state index contributed by atoms with van der Waals surface area (Å²) in [4.78, 5) is 16.6. The largest absolute Gasteiger partial charge is 0.353 e. The molecule has 0 unspecified atom stereocenters. The van der Waals surface area contributed by atoms with Crippen LogP contribution in [-0.4, -0.2) is 10.8 Å². The molecule has 24 heavy (non-hydrogen) atoms. The lowest BCUT2D eigenvalue weighted by Crippen LogP contribution is -2.02. The molecule has 0 fully saturated rings. The van der Waals surface area contributed by atoms with Crippen molar-refractivity contribution < 1.29 is 4.79 Å². The van der Waals surface area contributed by atoms with Gasteiger partial charge in [-0.05, 0) is 27.6 Å². The molecule has 4 aromatic rings. The van der Waals surface area contributed by atoms with Crippen molar-refractivity contribution in [3.63, 3.8) is 0 Å². The lowest BCUT2D eigenvalue weighted by Gasteiger charge is -2.05. The van der Waals surface area contributed by atoms with E-state index in [4.69, 9.17) is 0 Å². The van der Waals surface area contributed by atoms with Gasteiger partial charge in [0.1, 0.15) is 0 Å². The average molecular weight is 376 g/mol. The molecular weight excluding hydrogens is 362 g/mol. The van der Waals surface area contributed by atoms with Gasteiger partial charge in [0.15, 0.2) is 5.78 Å². The number of carbonyl (C=O) groups excluding carboxylic acids is 1. The topological polar surface area (TPSA) is 32.9 Å². The Kier molecular flexibility index (Phi) is 3.79. The highest BCUT2D eigenvalue weighted by Gasteiger charge is 2.21. The van der Waals surface area contributed by atoms with Gasteiger partial charge in [0, 0.05) is 15.4 Å². The second-order valence-corrected chi connectivity index (χ2v) is 6.45. The quantitative estimate of drug-likeness (QED) is 0.449. The summed E-state index contributed by atoms with van der Waals surface area (Å²) in [5.41, 5.74) is 4.20. The predicted octanol–water partition coefficient (Wildman–Crippen LogP) is 5.83. The summed E-state index contributed by atoms with van der Waals surface area (Å²) in [6.07, 6.45) is 0. The lowest BCUT2D eigenvalue weighted by atomic mass is 9.97. The van der Waals surface area contributed by atoms with E-state index in [-0.39, 0.29) is 5.78 Å². The van der Waals surface area contributed by atoms with Crippen LogP contribution in [0.4, 0.5) is 0 Å². The van der Waals surface area contributed by atoms with Gasteiger partial charge in [0.25, 0.3) is 0 Å². The van der Waals surface area contributed by atoms with Gasteiger partial charge >= 0.3 is 0 Å². The Bertz CT molecular complexity index is 1020. The minimum Gasteiger partial charge on any atom is -0.353 e. The maximum absolute atomic E-state index is 13.2. The number of para-hydroxylation sites is 1. The number of nitrogens with one attached hydrogen (secondary N) is 1. The van der Waals surface area contributed by atoms with E-state index in [1.165, 1.54) is 0 Å². The smallest absolute Gasteiger partial charge is 0.195 e. The van der Waals surface area contributed by atoms with Crippen LogP contribution in [0.3, 0.4) is 0 Å². The van der Waals surface area contributed by atoms with Gasteiger partial charge in [-0.2, -0.15) is 0 Å². The van der Waals surface area contributed by atoms with Gasteiger partial charge in [0.05, 0.1) is 16.8 Å². The Morgan fingerprint density at radius 1 is 0.792 bits per heavy atom. The normalized spacial score (nSPS) is 10.9. The monoisotopic (exact) mass is 375 g/mol. The molecule has 2 nitrogen and oxygen atoms in total. The van der Waals surface area contributed by atoms with E-state index in [2.05, 4.69) is 20.9 Å². The van der Waals surface area contributed by atoms with E-state index in [0.717, 1.165) is 26.6 Å². The van der Waals surface area contributed by atoms with Crippen LogP contribution in [0.1, 0.15) is 15.9 Å². The van der Waals surface area contributed by atoms with Crippen LogP contribution >= 0.6 is 15.9 Å². The molecule has 116 valence electrons. The first-order chi connectivity index (χ1) is 11.8. The molecule has 0 saturated heterocycles. The first kappa shape index (κ1) is 14.9. The molecule has 0 spiro atoms. The van der Waals surface area contributed by atoms with Crippen molar-refractivity contribution in [1.82, 2.24) is 4.98 Å². The Balaban J connectivity index is 2.02. The third-order valence-corrected chi connectivity index (χ3v) is 4.77. The number of H-pyrrole nitrogens is 1. The van der Waals surface area contributed by atoms with E-state index < -0.39 is 0 Å². The van der Waals surface area contributed by atoms with E-state index in [9.17, 15) is 4.79 Å². The average Bonchev–Trinajstić information content (AvgIpc) is 3.03. The SMILES string of the molecule is O=C(c1ccccc1)c1c(-c2ccccc2)[nH]c2c(Br)cccc12. The second-order valence-electron chi connectivity index (χ2n) is 5.60. The molecule has 1 heterocycles. The highest BCUT2D eigenvalue weighted by Crippen LogP contribution is 2.35. The summed E-state index contributed by atoms with van der Waals surface area (Å²) in [7, 11) is 0. The van der Waals surface area contributed by atoms with E-state index in [0.29, 0.717) is 11.1 Å². The number of carbonyl (C=O) groups is 1. The van der Waals surface area contributed by atoms with Crippen molar-refractivity contribution in [3.05, 3.63) is 94.5 Å². The molecule has 1 aromatic heterocycles. The molecule has 1 N–H and O–H groups in total. The van der Waals surface area contributed by atoms with Gasteiger partial charge < -0.3 is 4.98 Å². The van der Waals surface area contributed by atoms with Crippen LogP contribution in [0.25, 0.3) is 22.2 Å². The first-order valence-corrected chi connectivity index (χ1v) is 8.50. The molecule has 0 aliphatic carbocycles. The van der Waals surface area contributed by atoms with Crippen LogP contribution < -0.4 is 0 Å². The highest BCUT2D eigenvalue weighted by atomic mass is 79.9. The number of ketones is 1. The van der Waals surface area contributed by atoms with Crippen molar-refractivity contribution in [2.45, 2.75) is 0 Å². The zero-order valence-corrected chi connectivity index (χ0v) is 14.4. The maximum Gasteiger partial charge on any atom is 0.195 e. The molecule has 3 aromatic carbocycles. The second kappa shape index (κ2) is 6.10. The first-order valence-electron chi connectivity index (χ1n) is 7.71. The molecule has 0 bridgehead atoms. The summed E-state index contributed by atoms with van der Waals surface area (Å²) < 4.78 is 0.948. The van der Waals surface area contributed by atoms with Gasteiger partial charge in [-0.25, -0.2) is 0 Å². The number of hydrogen-bond donors (Lipinski definition) is 1. The van der Waals surface area contributed by atoms with Crippen molar-refractivity contribution in [2.24, 2.45) is 0 Å². The molecule has 0 saturated carbocycles. The van der Waals surface area contributed by atoms with Crippen LogP contribution in [0.2, 0.25) is 0 Å². The third kappa shape index (κ3) is 2.47. The Morgan fingerprint density at radius 3 is 2.17 bits per heavy atom. The number of benzene rings is 3. The minimum absolute atomic E-state index is 0.0267. The number of aromatic nitrogens is 1. The van der Waals surface area contributed by atoms with Crippen molar-refractivity contribution >= 4 is 32.6 Å². The molecule has 0 radical (unpaired) electrons. The molecule has 0 atom stereocenters. The number of halogens is 1. The molecular formula is C21H14BrNO. The standard InChI is InChI=1S/C21H14BrNO/c22-17-13-7-12-16-18(21(24)15-10-5-2-6-11-15)19(23-20(16)17)14-8-3-1-4-9-14/h1-13,23H. The molecule has 0 amide bonds. The number of fused-ring (bicyclic) bond motifs is 1. The van der Waals surface area contributed by atoms with Crippen molar-refractivity contribution in [1.29, 1.82) is 0 Å². The van der Waals surface area contributed by atoms with Gasteiger partial charge in [-0.1, -0.05) is 72.8 Å². The number of rotatable bonds is 3. The van der Waals surface area contributed by atoms with Crippen LogP contribution in [0.5, 0.6) is 0 Å². The summed E-state index contributed by atoms with van der Waals surface area (Å²) in [6, 6.07) is 25.3. The summed E-state index contributed by atoms with van der Waals surface area (Å²) in [5.74, 6) is 0.0267. The summed E-state index contributed by atoms with van der Waals surface area (Å²) in [6.45, 7) is 0. The lowest BCUT2D eigenvalue weighted by molar-refractivity contribution is 0.104. The fraction of sp³-hybridized carbons (Fsp3) is 0. The summed E-state index contributed by atoms with van der Waals surface area (Å²) >= 11 is 3.58. The van der Waals surface area contributed by atoms with E-state index >= 15 is 0 Å². The predicted molar refractivity (Wildman–Crippen MR) is 101 cm³/mol. The molecule has 0 aliphatic heterocycles. The van der Waals surface area contributed by atoms with Crippen LogP contribution in [-0.2, 0) is 0 Å². The molecule has 0 aliphatic rings. The fourth-order valence-corrected chi connectivity index (χ4v) is 3.44. The maximum atomic E-state index is 13.2. The van der Waals surface area contributed by atoms with Gasteiger partial charge in [0.2, 0.25) is 0 Å². The van der Waals surface area contributed by atoms with Crippen molar-refractivity contribution in [2.75, 3.05) is 0 Å². The number of hydrogen-bond acceptors (Lipinski definition) is 1. The molecule has 4 rings (SSSR count). The van der Waals surface area contributed by atoms with E-state index in [1.54, 1.807) is 0 Å². The Hall–Kier alpha value is -2.65. The zero-order valence-electron chi connectivity index (χ0n) is 12.8. The Morgan fingerprint density at radius 2 is 1.46 bits per heavy atom. The van der Waals surface area contributed by atoms with Crippen molar-refractivity contribution in [3.8, 4) is 11.3 Å². The minimum atomic E-state index is 0.0267. The van der Waals surface area contributed by atoms with Crippen LogP contribution in [0.15, 0.2) is 83.3 Å². The summed E-state index contributed by atoms with van der Waals surface area (Å²) in [5, 5.41) is 0.928. The molecule has 3 heteroatoms. The number of aromatic amines is 1. The van der Waals surface area contributed by atoms with Gasteiger partial charge in [-0.3, -0.25) is 4.79 Å². The third-order valence-electron chi connectivity index (χ3n) is 4.11. The zero-order chi connectivity index (χ0) is 16.5. The van der Waals surface area contributed by atoms with E-state index in [1.807, 2.05) is 78.9 Å². The van der Waals surface area contributed by atoms with Crippen LogP contribution in [0, 0.1) is 0 Å². The Labute approximate surface area is 148 Å². The highest BCUT2D eigenvalue weighted by molar-refractivity contribution is 9.10. The van der Waals surface area contributed by atoms with Gasteiger partial charge in [-0.15, -0.1) is 0 Å².